The molecule has 184 valence electrons. The average molecular weight is 488 g/mol. The Morgan fingerprint density at radius 2 is 1.59 bits per heavy atom. The lowest BCUT2D eigenvalue weighted by atomic mass is 10.0. The number of nitrogens with one attached hydrogen (secondary N) is 2. The van der Waals surface area contributed by atoms with Crippen LogP contribution in [0.5, 0.6) is 11.5 Å². The Balaban J connectivity index is 1.45. The van der Waals surface area contributed by atoms with E-state index in [-0.39, 0.29) is 10.8 Å². The summed E-state index contributed by atoms with van der Waals surface area (Å²) in [4.78, 5) is 15.4. The standard InChI is InChI=1S/C25H33N3O5S/c1-18(2)24(25(29)26-19-7-9-20(10-8-19)28-13-4-3-5-14-28)27-34(30,31)21-11-12-22-23(17-21)33-16-6-15-32-22/h7-12,17-18,24,27H,3-6,13-16H2,1-2H3,(H,26,29)/t24-/m1/s1. The third-order valence-electron chi connectivity index (χ3n) is 6.12. The number of hydrogen-bond donors (Lipinski definition) is 2. The summed E-state index contributed by atoms with van der Waals surface area (Å²) < 4.78 is 40.0. The van der Waals surface area contributed by atoms with Gasteiger partial charge in [-0.2, -0.15) is 4.72 Å². The number of ether oxygens (including phenoxy) is 2. The van der Waals surface area contributed by atoms with Crippen molar-refractivity contribution in [3.05, 3.63) is 42.5 Å². The van der Waals surface area contributed by atoms with E-state index in [1.807, 2.05) is 24.3 Å². The molecule has 1 fully saturated rings. The first kappa shape index (κ1) is 24.3. The number of fused-ring (bicyclic) bond motifs is 1. The molecule has 0 radical (unpaired) electrons. The number of anilines is 2. The van der Waals surface area contributed by atoms with Gasteiger partial charge in [0.1, 0.15) is 6.04 Å². The molecule has 0 aliphatic carbocycles. The molecule has 2 heterocycles. The number of carbonyl (C=O) groups excluding carboxylic acids is 1. The average Bonchev–Trinajstić information content (AvgIpc) is 3.08. The summed E-state index contributed by atoms with van der Waals surface area (Å²) in [5.74, 6) is 0.240. The van der Waals surface area contributed by atoms with Gasteiger partial charge in [-0.05, 0) is 61.6 Å². The molecule has 1 atom stereocenters. The van der Waals surface area contributed by atoms with Crippen molar-refractivity contribution in [3.63, 3.8) is 0 Å². The first-order valence-corrected chi connectivity index (χ1v) is 13.4. The summed E-state index contributed by atoms with van der Waals surface area (Å²) in [6.07, 6.45) is 4.38. The zero-order chi connectivity index (χ0) is 24.1. The van der Waals surface area contributed by atoms with E-state index in [2.05, 4.69) is 14.9 Å². The lowest BCUT2D eigenvalue weighted by molar-refractivity contribution is -0.118. The molecule has 1 amide bonds. The van der Waals surface area contributed by atoms with Crippen LogP contribution in [0, 0.1) is 5.92 Å². The van der Waals surface area contributed by atoms with Gasteiger partial charge in [-0.25, -0.2) is 8.42 Å². The molecule has 4 rings (SSSR count). The van der Waals surface area contributed by atoms with Gasteiger partial charge in [0.05, 0.1) is 18.1 Å². The van der Waals surface area contributed by atoms with E-state index >= 15 is 0 Å². The van der Waals surface area contributed by atoms with Gasteiger partial charge in [0.15, 0.2) is 11.5 Å². The van der Waals surface area contributed by atoms with Crippen LogP contribution in [0.25, 0.3) is 0 Å². The zero-order valence-electron chi connectivity index (χ0n) is 19.7. The van der Waals surface area contributed by atoms with E-state index in [4.69, 9.17) is 9.47 Å². The van der Waals surface area contributed by atoms with E-state index in [0.29, 0.717) is 30.4 Å². The van der Waals surface area contributed by atoms with Crippen molar-refractivity contribution in [1.29, 1.82) is 0 Å². The highest BCUT2D eigenvalue weighted by atomic mass is 32.2. The summed E-state index contributed by atoms with van der Waals surface area (Å²) in [6, 6.07) is 11.3. The smallest absolute Gasteiger partial charge is 0.242 e. The largest absolute Gasteiger partial charge is 0.490 e. The molecule has 2 aliphatic heterocycles. The summed E-state index contributed by atoms with van der Waals surface area (Å²) in [6.45, 7) is 6.68. The van der Waals surface area contributed by atoms with Crippen molar-refractivity contribution in [1.82, 2.24) is 4.72 Å². The molecule has 0 aromatic heterocycles. The van der Waals surface area contributed by atoms with Crippen LogP contribution in [0.3, 0.4) is 0 Å². The van der Waals surface area contributed by atoms with Crippen LogP contribution in [0.4, 0.5) is 11.4 Å². The Labute approximate surface area is 201 Å². The van der Waals surface area contributed by atoms with Gasteiger partial charge >= 0.3 is 0 Å². The number of hydrogen-bond acceptors (Lipinski definition) is 6. The Morgan fingerprint density at radius 1 is 0.912 bits per heavy atom. The molecule has 1 saturated heterocycles. The molecular weight excluding hydrogens is 454 g/mol. The lowest BCUT2D eigenvalue weighted by Crippen LogP contribution is -2.47. The van der Waals surface area contributed by atoms with Crippen molar-refractivity contribution in [2.75, 3.05) is 36.5 Å². The SMILES string of the molecule is CC(C)[C@@H](NS(=O)(=O)c1ccc2c(c1)OCCCO2)C(=O)Nc1ccc(N2CCCCC2)cc1. The second-order valence-corrected chi connectivity index (χ2v) is 10.8. The van der Waals surface area contributed by atoms with Gasteiger partial charge < -0.3 is 19.7 Å². The predicted molar refractivity (Wildman–Crippen MR) is 132 cm³/mol. The van der Waals surface area contributed by atoms with Crippen LogP contribution in [0.15, 0.2) is 47.4 Å². The minimum atomic E-state index is -3.96. The van der Waals surface area contributed by atoms with Gasteiger partial charge in [0.25, 0.3) is 0 Å². The Morgan fingerprint density at radius 3 is 2.26 bits per heavy atom. The molecule has 0 saturated carbocycles. The maximum atomic E-state index is 13.1. The van der Waals surface area contributed by atoms with Gasteiger partial charge in [0, 0.05) is 37.0 Å². The van der Waals surface area contributed by atoms with E-state index in [1.165, 1.54) is 31.4 Å². The van der Waals surface area contributed by atoms with Gasteiger partial charge in [0.2, 0.25) is 15.9 Å². The van der Waals surface area contributed by atoms with Crippen LogP contribution in [-0.2, 0) is 14.8 Å². The minimum absolute atomic E-state index is 0.0288. The fourth-order valence-electron chi connectivity index (χ4n) is 4.17. The van der Waals surface area contributed by atoms with Crippen LogP contribution in [0.1, 0.15) is 39.5 Å². The molecule has 0 bridgehead atoms. The molecule has 34 heavy (non-hydrogen) atoms. The third-order valence-corrected chi connectivity index (χ3v) is 7.56. The van der Waals surface area contributed by atoms with Crippen LogP contribution in [0.2, 0.25) is 0 Å². The second kappa shape index (κ2) is 10.7. The maximum Gasteiger partial charge on any atom is 0.242 e. The number of sulfonamides is 1. The van der Waals surface area contributed by atoms with E-state index < -0.39 is 22.0 Å². The molecule has 0 unspecified atom stereocenters. The van der Waals surface area contributed by atoms with E-state index in [1.54, 1.807) is 19.9 Å². The minimum Gasteiger partial charge on any atom is -0.490 e. The van der Waals surface area contributed by atoms with Crippen molar-refractivity contribution in [3.8, 4) is 11.5 Å². The van der Waals surface area contributed by atoms with Gasteiger partial charge in [-0.15, -0.1) is 0 Å². The van der Waals surface area contributed by atoms with Crippen LogP contribution in [-0.4, -0.2) is 46.7 Å². The topological polar surface area (TPSA) is 97.0 Å². The van der Waals surface area contributed by atoms with Gasteiger partial charge in [-0.1, -0.05) is 13.8 Å². The molecule has 2 aliphatic rings. The highest BCUT2D eigenvalue weighted by Gasteiger charge is 2.29. The summed E-state index contributed by atoms with van der Waals surface area (Å²) >= 11 is 0. The summed E-state index contributed by atoms with van der Waals surface area (Å²) in [7, 11) is -3.96. The number of piperidine rings is 1. The summed E-state index contributed by atoms with van der Waals surface area (Å²) in [5, 5.41) is 2.86. The fraction of sp³-hybridized carbons (Fsp3) is 0.480. The first-order chi connectivity index (χ1) is 16.3. The molecule has 9 heteroatoms. The van der Waals surface area contributed by atoms with Gasteiger partial charge in [-0.3, -0.25) is 4.79 Å². The molecule has 8 nitrogen and oxygen atoms in total. The first-order valence-electron chi connectivity index (χ1n) is 11.9. The Kier molecular flexibility index (Phi) is 7.63. The lowest BCUT2D eigenvalue weighted by Gasteiger charge is -2.29. The number of benzene rings is 2. The molecule has 2 aromatic carbocycles. The predicted octanol–water partition coefficient (Wildman–Crippen LogP) is 3.78. The maximum absolute atomic E-state index is 13.1. The number of amides is 1. The number of nitrogens with zero attached hydrogens (tertiary/aromatic N) is 1. The Hall–Kier alpha value is -2.78. The number of rotatable bonds is 7. The van der Waals surface area contributed by atoms with E-state index in [0.717, 1.165) is 25.2 Å². The number of carbonyl (C=O) groups is 1. The van der Waals surface area contributed by atoms with Crippen molar-refractivity contribution in [2.24, 2.45) is 5.92 Å². The van der Waals surface area contributed by atoms with Crippen LogP contribution < -0.4 is 24.4 Å². The fourth-order valence-corrected chi connectivity index (χ4v) is 5.52. The van der Waals surface area contributed by atoms with E-state index in [9.17, 15) is 13.2 Å². The third kappa shape index (κ3) is 5.82. The van der Waals surface area contributed by atoms with Crippen molar-refractivity contribution in [2.45, 2.75) is 50.5 Å². The van der Waals surface area contributed by atoms with Crippen LogP contribution >= 0.6 is 0 Å². The molecule has 2 aromatic rings. The highest BCUT2D eigenvalue weighted by Crippen LogP contribution is 2.32. The monoisotopic (exact) mass is 487 g/mol. The highest BCUT2D eigenvalue weighted by molar-refractivity contribution is 7.89. The second-order valence-electron chi connectivity index (χ2n) is 9.09. The molecular formula is C25H33N3O5S. The normalized spacial score (nSPS) is 17.2. The quantitative estimate of drug-likeness (QED) is 0.617. The van der Waals surface area contributed by atoms with Crippen molar-refractivity contribution < 1.29 is 22.7 Å². The molecule has 2 N–H and O–H groups in total. The molecule has 0 spiro atoms. The van der Waals surface area contributed by atoms with Crippen molar-refractivity contribution >= 4 is 27.3 Å². The Bertz CT molecular complexity index is 1100. The zero-order valence-corrected chi connectivity index (χ0v) is 20.6. The summed E-state index contributed by atoms with van der Waals surface area (Å²) in [5.41, 5.74) is 1.76.